The Morgan fingerprint density at radius 1 is 1.13 bits per heavy atom. The molecule has 1 aromatic carbocycles. The van der Waals surface area contributed by atoms with Gasteiger partial charge in [0.05, 0.1) is 12.2 Å². The Balaban J connectivity index is 1.51. The van der Waals surface area contributed by atoms with E-state index in [-0.39, 0.29) is 0 Å². The molecule has 4 aromatic rings. The third-order valence-electron chi connectivity index (χ3n) is 3.35. The van der Waals surface area contributed by atoms with Gasteiger partial charge in [0.1, 0.15) is 11.4 Å². The van der Waals surface area contributed by atoms with Gasteiger partial charge in [-0.15, -0.1) is 11.3 Å². The molecule has 7 heteroatoms. The molecule has 0 bridgehead atoms. The van der Waals surface area contributed by atoms with Crippen LogP contribution in [-0.2, 0) is 6.54 Å². The highest BCUT2D eigenvalue weighted by Gasteiger charge is 2.09. The van der Waals surface area contributed by atoms with E-state index >= 15 is 0 Å². The Bertz CT molecular complexity index is 948. The fraction of sp³-hybridized carbons (Fsp3) is 0.0625. The predicted molar refractivity (Wildman–Crippen MR) is 94.4 cm³/mol. The summed E-state index contributed by atoms with van der Waals surface area (Å²) in [5, 5.41) is 11.2. The van der Waals surface area contributed by atoms with Crippen molar-refractivity contribution in [2.45, 2.75) is 6.54 Å². The molecule has 3 heterocycles. The second-order valence-electron chi connectivity index (χ2n) is 4.88. The lowest BCUT2D eigenvalue weighted by Gasteiger charge is -1.99. The van der Waals surface area contributed by atoms with E-state index in [9.17, 15) is 0 Å². The molecule has 0 atom stereocenters. The third-order valence-corrected chi connectivity index (χ3v) is 4.62. The first kappa shape index (κ1) is 14.3. The van der Waals surface area contributed by atoms with E-state index in [4.69, 9.17) is 4.52 Å². The summed E-state index contributed by atoms with van der Waals surface area (Å²) in [6.45, 7) is 0.567. The topological polar surface area (TPSA) is 63.8 Å². The standard InChI is InChI=1S/C16H11BrN4OS/c17-10-5-6-12(18-7-10)14-9-23-16(20-14)19-8-13-11-3-1-2-4-15(11)22-21-13/h1-7,9H,8H2,(H,19,20). The summed E-state index contributed by atoms with van der Waals surface area (Å²) >= 11 is 4.92. The Hall–Kier alpha value is -2.25. The van der Waals surface area contributed by atoms with Crippen molar-refractivity contribution in [2.24, 2.45) is 0 Å². The number of benzene rings is 1. The summed E-state index contributed by atoms with van der Waals surface area (Å²) < 4.78 is 6.25. The van der Waals surface area contributed by atoms with Crippen LogP contribution in [0.3, 0.4) is 0 Å². The highest BCUT2D eigenvalue weighted by Crippen LogP contribution is 2.25. The van der Waals surface area contributed by atoms with Crippen molar-refractivity contribution in [3.05, 3.63) is 58.1 Å². The average Bonchev–Trinajstić information content (AvgIpc) is 3.20. The summed E-state index contributed by atoms with van der Waals surface area (Å²) in [6, 6.07) is 11.7. The Morgan fingerprint density at radius 3 is 2.91 bits per heavy atom. The molecule has 5 nitrogen and oxygen atoms in total. The van der Waals surface area contributed by atoms with Gasteiger partial charge < -0.3 is 9.84 Å². The molecule has 23 heavy (non-hydrogen) atoms. The summed E-state index contributed by atoms with van der Waals surface area (Å²) in [5.74, 6) is 0. The van der Waals surface area contributed by atoms with Crippen LogP contribution in [0.25, 0.3) is 22.4 Å². The highest BCUT2D eigenvalue weighted by molar-refractivity contribution is 9.10. The zero-order valence-corrected chi connectivity index (χ0v) is 14.3. The third kappa shape index (κ3) is 2.97. The number of hydrogen-bond acceptors (Lipinski definition) is 6. The van der Waals surface area contributed by atoms with Crippen LogP contribution in [0, 0.1) is 0 Å². The molecule has 0 spiro atoms. The van der Waals surface area contributed by atoms with Gasteiger partial charge in [-0.3, -0.25) is 4.98 Å². The molecule has 4 rings (SSSR count). The Labute approximate surface area is 144 Å². The minimum Gasteiger partial charge on any atom is -0.356 e. The van der Waals surface area contributed by atoms with Crippen molar-refractivity contribution in [1.29, 1.82) is 0 Å². The van der Waals surface area contributed by atoms with E-state index in [2.05, 4.69) is 36.4 Å². The molecule has 0 saturated carbocycles. The predicted octanol–water partition coefficient (Wildman–Crippen LogP) is 4.72. The van der Waals surface area contributed by atoms with Crippen LogP contribution in [0.4, 0.5) is 5.13 Å². The maximum Gasteiger partial charge on any atom is 0.183 e. The summed E-state index contributed by atoms with van der Waals surface area (Å²) in [6.07, 6.45) is 1.77. The minimum atomic E-state index is 0.567. The molecule has 0 radical (unpaired) electrons. The largest absolute Gasteiger partial charge is 0.356 e. The van der Waals surface area contributed by atoms with Gasteiger partial charge in [-0.2, -0.15) is 0 Å². The number of nitrogens with zero attached hydrogens (tertiary/aromatic N) is 3. The van der Waals surface area contributed by atoms with Crippen molar-refractivity contribution in [3.8, 4) is 11.4 Å². The van der Waals surface area contributed by atoms with E-state index in [1.54, 1.807) is 17.5 Å². The van der Waals surface area contributed by atoms with Gasteiger partial charge in [-0.25, -0.2) is 4.98 Å². The fourth-order valence-electron chi connectivity index (χ4n) is 2.22. The van der Waals surface area contributed by atoms with Crippen molar-refractivity contribution < 1.29 is 4.52 Å². The molecule has 0 aliphatic rings. The molecule has 0 unspecified atom stereocenters. The highest BCUT2D eigenvalue weighted by atomic mass is 79.9. The molecule has 0 aliphatic heterocycles. The van der Waals surface area contributed by atoms with E-state index in [0.717, 1.165) is 37.7 Å². The molecule has 0 fully saturated rings. The number of para-hydroxylation sites is 1. The number of thiazole rings is 1. The van der Waals surface area contributed by atoms with Crippen LogP contribution in [0.1, 0.15) is 5.69 Å². The molecule has 0 aliphatic carbocycles. The van der Waals surface area contributed by atoms with E-state index in [1.807, 2.05) is 41.8 Å². The summed E-state index contributed by atoms with van der Waals surface area (Å²) in [5.41, 5.74) is 3.38. The van der Waals surface area contributed by atoms with Gasteiger partial charge in [0.2, 0.25) is 0 Å². The number of fused-ring (bicyclic) bond motifs is 1. The molecule has 3 aromatic heterocycles. The molecular weight excluding hydrogens is 376 g/mol. The van der Waals surface area contributed by atoms with Crippen molar-refractivity contribution >= 4 is 43.4 Å². The lowest BCUT2D eigenvalue weighted by Crippen LogP contribution is -1.99. The first-order chi connectivity index (χ1) is 11.3. The van der Waals surface area contributed by atoms with Gasteiger partial charge >= 0.3 is 0 Å². The van der Waals surface area contributed by atoms with Gasteiger partial charge in [0.15, 0.2) is 10.7 Å². The van der Waals surface area contributed by atoms with Crippen molar-refractivity contribution in [2.75, 3.05) is 5.32 Å². The number of nitrogens with one attached hydrogen (secondary N) is 1. The maximum atomic E-state index is 5.30. The van der Waals surface area contributed by atoms with Crippen LogP contribution >= 0.6 is 27.3 Å². The van der Waals surface area contributed by atoms with E-state index in [0.29, 0.717) is 6.54 Å². The van der Waals surface area contributed by atoms with Crippen LogP contribution in [0.2, 0.25) is 0 Å². The van der Waals surface area contributed by atoms with Gasteiger partial charge in [-0.1, -0.05) is 17.3 Å². The molecule has 0 amide bonds. The summed E-state index contributed by atoms with van der Waals surface area (Å²) in [7, 11) is 0. The molecule has 0 saturated heterocycles. The van der Waals surface area contributed by atoms with Crippen LogP contribution in [0.5, 0.6) is 0 Å². The first-order valence-corrected chi connectivity index (χ1v) is 8.61. The van der Waals surface area contributed by atoms with Crippen molar-refractivity contribution in [1.82, 2.24) is 15.1 Å². The summed E-state index contributed by atoms with van der Waals surface area (Å²) in [4.78, 5) is 8.92. The number of aromatic nitrogens is 3. The zero-order valence-electron chi connectivity index (χ0n) is 11.9. The average molecular weight is 387 g/mol. The van der Waals surface area contributed by atoms with Crippen LogP contribution in [-0.4, -0.2) is 15.1 Å². The number of rotatable bonds is 4. The number of pyridine rings is 1. The quantitative estimate of drug-likeness (QED) is 0.549. The van der Waals surface area contributed by atoms with Crippen LogP contribution < -0.4 is 5.32 Å². The number of halogens is 1. The Morgan fingerprint density at radius 2 is 2.04 bits per heavy atom. The Kier molecular flexibility index (Phi) is 3.80. The van der Waals surface area contributed by atoms with Gasteiger partial charge in [0.25, 0.3) is 0 Å². The maximum absolute atomic E-state index is 5.30. The monoisotopic (exact) mass is 386 g/mol. The van der Waals surface area contributed by atoms with E-state index in [1.165, 1.54) is 0 Å². The second-order valence-corrected chi connectivity index (χ2v) is 6.65. The smallest absolute Gasteiger partial charge is 0.183 e. The fourth-order valence-corrected chi connectivity index (χ4v) is 3.16. The molecular formula is C16H11BrN4OS. The number of anilines is 1. The zero-order chi connectivity index (χ0) is 15.6. The van der Waals surface area contributed by atoms with Crippen LogP contribution in [0.15, 0.2) is 57.0 Å². The first-order valence-electron chi connectivity index (χ1n) is 6.94. The van der Waals surface area contributed by atoms with Gasteiger partial charge in [0, 0.05) is 21.4 Å². The van der Waals surface area contributed by atoms with Crippen molar-refractivity contribution in [3.63, 3.8) is 0 Å². The lowest BCUT2D eigenvalue weighted by atomic mass is 10.2. The second kappa shape index (κ2) is 6.10. The molecule has 114 valence electrons. The van der Waals surface area contributed by atoms with E-state index < -0.39 is 0 Å². The van der Waals surface area contributed by atoms with Gasteiger partial charge in [-0.05, 0) is 40.2 Å². The molecule has 1 N–H and O–H groups in total. The lowest BCUT2D eigenvalue weighted by molar-refractivity contribution is 0.447. The normalized spacial score (nSPS) is 11.0. The SMILES string of the molecule is Brc1ccc(-c2csc(NCc3noc4ccccc34)n2)nc1. The number of hydrogen-bond donors (Lipinski definition) is 1. The minimum absolute atomic E-state index is 0.567.